The van der Waals surface area contributed by atoms with Crippen LogP contribution in [0.2, 0.25) is 0 Å². The second-order valence-corrected chi connectivity index (χ2v) is 6.65. The maximum absolute atomic E-state index is 12.0. The van der Waals surface area contributed by atoms with Gasteiger partial charge in [0.2, 0.25) is 0 Å². The van der Waals surface area contributed by atoms with Crippen LogP contribution in [-0.2, 0) is 16.4 Å². The monoisotopic (exact) mass is 337 g/mol. The second-order valence-electron chi connectivity index (χ2n) is 4.63. The molecule has 0 fully saturated rings. The van der Waals surface area contributed by atoms with E-state index in [4.69, 9.17) is 0 Å². The summed E-state index contributed by atoms with van der Waals surface area (Å²) in [5.74, 6) is 0.247. The fourth-order valence-electron chi connectivity index (χ4n) is 1.58. The molecule has 9 heteroatoms. The largest absolute Gasteiger partial charge is 0.390 e. The zero-order valence-corrected chi connectivity index (χ0v) is 13.1. The van der Waals surface area contributed by atoms with Crippen molar-refractivity contribution in [2.45, 2.75) is 24.0 Å². The van der Waals surface area contributed by atoms with Crippen LogP contribution in [0.5, 0.6) is 0 Å². The highest BCUT2D eigenvalue weighted by Crippen LogP contribution is 2.18. The molecule has 0 saturated heterocycles. The average molecular weight is 337 g/mol. The van der Waals surface area contributed by atoms with Gasteiger partial charge in [-0.2, -0.15) is 13.2 Å². The van der Waals surface area contributed by atoms with Crippen LogP contribution < -0.4 is 10.6 Å². The Balaban J connectivity index is 2.50. The van der Waals surface area contributed by atoms with Gasteiger partial charge in [-0.1, -0.05) is 12.1 Å². The van der Waals surface area contributed by atoms with Gasteiger partial charge in [0.1, 0.15) is 0 Å². The summed E-state index contributed by atoms with van der Waals surface area (Å²) >= 11 is 0. The maximum Gasteiger partial charge on any atom is 0.390 e. The van der Waals surface area contributed by atoms with E-state index in [9.17, 15) is 21.6 Å². The molecule has 22 heavy (non-hydrogen) atoms. The Morgan fingerprint density at radius 2 is 1.77 bits per heavy atom. The molecule has 5 nitrogen and oxygen atoms in total. The van der Waals surface area contributed by atoms with Crippen molar-refractivity contribution in [2.75, 3.05) is 19.8 Å². The summed E-state index contributed by atoms with van der Waals surface area (Å²) in [6.45, 7) is 0.0475. The van der Waals surface area contributed by atoms with E-state index in [1.165, 1.54) is 19.2 Å². The first kappa shape index (κ1) is 18.3. The highest BCUT2D eigenvalue weighted by atomic mass is 32.2. The molecule has 0 saturated carbocycles. The van der Waals surface area contributed by atoms with Crippen LogP contribution in [0.1, 0.15) is 12.0 Å². The molecule has 0 aromatic heterocycles. The number of benzene rings is 1. The summed E-state index contributed by atoms with van der Waals surface area (Å²) in [5.41, 5.74) is 0.783. The van der Waals surface area contributed by atoms with Crippen molar-refractivity contribution in [3.05, 3.63) is 29.8 Å². The lowest BCUT2D eigenvalue weighted by atomic mass is 10.2. The molecule has 0 heterocycles. The molecule has 0 bridgehead atoms. The normalized spacial score (nSPS) is 13.0. The number of hydrogen-bond donors (Lipinski definition) is 2. The van der Waals surface area contributed by atoms with Gasteiger partial charge in [0.25, 0.3) is 0 Å². The molecule has 0 atom stereocenters. The van der Waals surface area contributed by atoms with E-state index in [2.05, 4.69) is 15.6 Å². The molecule has 0 aliphatic carbocycles. The minimum absolute atomic E-state index is 0.212. The molecular formula is C13H18F3N3O2S. The lowest BCUT2D eigenvalue weighted by Crippen LogP contribution is -2.38. The Hall–Kier alpha value is -1.77. The molecule has 0 aliphatic heterocycles. The van der Waals surface area contributed by atoms with Crippen LogP contribution in [0.15, 0.2) is 34.2 Å². The first-order valence-electron chi connectivity index (χ1n) is 6.42. The standard InChI is InChI=1S/C13H18F3N3O2S/c1-17-12(18-8-7-13(14,15)16)19-9-10-3-5-11(6-4-10)22(2,20)21/h3-6H,7-9H2,1-2H3,(H2,17,18,19). The Bertz CT molecular complexity index is 610. The van der Waals surface area contributed by atoms with E-state index < -0.39 is 22.4 Å². The van der Waals surface area contributed by atoms with E-state index in [-0.39, 0.29) is 17.4 Å². The van der Waals surface area contributed by atoms with Gasteiger partial charge in [0, 0.05) is 26.4 Å². The smallest absolute Gasteiger partial charge is 0.356 e. The fourth-order valence-corrected chi connectivity index (χ4v) is 2.21. The zero-order chi connectivity index (χ0) is 16.8. The number of rotatable bonds is 5. The molecule has 2 N–H and O–H groups in total. The Labute approximate surface area is 127 Å². The van der Waals surface area contributed by atoms with Gasteiger partial charge < -0.3 is 10.6 Å². The van der Waals surface area contributed by atoms with Gasteiger partial charge in [-0.15, -0.1) is 0 Å². The molecule has 0 unspecified atom stereocenters. The van der Waals surface area contributed by atoms with E-state index in [1.807, 2.05) is 0 Å². The molecule has 1 aromatic rings. The van der Waals surface area contributed by atoms with Crippen molar-refractivity contribution in [3.63, 3.8) is 0 Å². The summed E-state index contributed by atoms with van der Waals surface area (Å²) in [5, 5.41) is 5.41. The van der Waals surface area contributed by atoms with E-state index in [1.54, 1.807) is 12.1 Å². The first-order chi connectivity index (χ1) is 10.1. The molecule has 0 amide bonds. The summed E-state index contributed by atoms with van der Waals surface area (Å²) < 4.78 is 58.8. The minimum atomic E-state index is -4.21. The van der Waals surface area contributed by atoms with Crippen LogP contribution >= 0.6 is 0 Å². The second kappa shape index (κ2) is 7.48. The fraction of sp³-hybridized carbons (Fsp3) is 0.462. The third-order valence-corrected chi connectivity index (χ3v) is 3.86. The third kappa shape index (κ3) is 6.79. The number of halogens is 3. The highest BCUT2D eigenvalue weighted by molar-refractivity contribution is 7.90. The molecular weight excluding hydrogens is 319 g/mol. The van der Waals surface area contributed by atoms with Gasteiger partial charge in [-0.3, -0.25) is 4.99 Å². The summed E-state index contributed by atoms with van der Waals surface area (Å²) in [7, 11) is -1.79. The van der Waals surface area contributed by atoms with Crippen molar-refractivity contribution in [3.8, 4) is 0 Å². The molecule has 0 spiro atoms. The molecule has 124 valence electrons. The van der Waals surface area contributed by atoms with Crippen molar-refractivity contribution in [1.29, 1.82) is 0 Å². The van der Waals surface area contributed by atoms with Crippen molar-refractivity contribution in [1.82, 2.24) is 10.6 Å². The number of aliphatic imine (C=N–C) groups is 1. The van der Waals surface area contributed by atoms with Crippen LogP contribution in [0, 0.1) is 0 Å². The Kier molecular flexibility index (Phi) is 6.21. The number of hydrogen-bond acceptors (Lipinski definition) is 3. The topological polar surface area (TPSA) is 70.6 Å². The predicted octanol–water partition coefficient (Wildman–Crippen LogP) is 1.71. The maximum atomic E-state index is 12.0. The van der Waals surface area contributed by atoms with Gasteiger partial charge >= 0.3 is 6.18 Å². The van der Waals surface area contributed by atoms with Gasteiger partial charge in [-0.05, 0) is 17.7 Å². The van der Waals surface area contributed by atoms with Gasteiger partial charge in [0.05, 0.1) is 11.3 Å². The lowest BCUT2D eigenvalue weighted by Gasteiger charge is -2.13. The van der Waals surface area contributed by atoms with Crippen LogP contribution in [0.25, 0.3) is 0 Å². The van der Waals surface area contributed by atoms with Crippen LogP contribution in [0.4, 0.5) is 13.2 Å². The van der Waals surface area contributed by atoms with Crippen molar-refractivity contribution >= 4 is 15.8 Å². The first-order valence-corrected chi connectivity index (χ1v) is 8.31. The van der Waals surface area contributed by atoms with Crippen LogP contribution in [-0.4, -0.2) is 40.4 Å². The lowest BCUT2D eigenvalue weighted by molar-refractivity contribution is -0.132. The summed E-state index contributed by atoms with van der Waals surface area (Å²) in [6, 6.07) is 6.22. The van der Waals surface area contributed by atoms with E-state index >= 15 is 0 Å². The highest BCUT2D eigenvalue weighted by Gasteiger charge is 2.26. The van der Waals surface area contributed by atoms with Gasteiger partial charge in [0.15, 0.2) is 15.8 Å². The molecule has 1 aromatic carbocycles. The number of nitrogens with one attached hydrogen (secondary N) is 2. The van der Waals surface area contributed by atoms with E-state index in [0.717, 1.165) is 11.8 Å². The summed E-state index contributed by atoms with van der Waals surface area (Å²) in [6.07, 6.45) is -4.04. The molecule has 0 radical (unpaired) electrons. The zero-order valence-electron chi connectivity index (χ0n) is 12.2. The summed E-state index contributed by atoms with van der Waals surface area (Å²) in [4.78, 5) is 4.02. The average Bonchev–Trinajstić information content (AvgIpc) is 2.41. The number of sulfone groups is 1. The quantitative estimate of drug-likeness (QED) is 0.634. The van der Waals surface area contributed by atoms with E-state index in [0.29, 0.717) is 6.54 Å². The van der Waals surface area contributed by atoms with Crippen LogP contribution in [0.3, 0.4) is 0 Å². The van der Waals surface area contributed by atoms with Crippen molar-refractivity contribution < 1.29 is 21.6 Å². The van der Waals surface area contributed by atoms with Gasteiger partial charge in [-0.25, -0.2) is 8.42 Å². The molecule has 1 rings (SSSR count). The predicted molar refractivity (Wildman–Crippen MR) is 78.4 cm³/mol. The third-order valence-electron chi connectivity index (χ3n) is 2.74. The Morgan fingerprint density at radius 3 is 2.23 bits per heavy atom. The number of nitrogens with zero attached hydrogens (tertiary/aromatic N) is 1. The SMILES string of the molecule is CN=C(NCCC(F)(F)F)NCc1ccc(S(C)(=O)=O)cc1. The number of alkyl halides is 3. The molecule has 0 aliphatic rings. The minimum Gasteiger partial charge on any atom is -0.356 e. The number of guanidine groups is 1. The van der Waals surface area contributed by atoms with Crippen molar-refractivity contribution in [2.24, 2.45) is 4.99 Å². The Morgan fingerprint density at radius 1 is 1.18 bits per heavy atom.